The van der Waals surface area contributed by atoms with Gasteiger partial charge in [-0.3, -0.25) is 0 Å². The summed E-state index contributed by atoms with van der Waals surface area (Å²) in [5.41, 5.74) is 0.901. The van der Waals surface area contributed by atoms with Crippen molar-refractivity contribution in [1.82, 2.24) is 14.7 Å². The fraction of sp³-hybridized carbons (Fsp3) is 0.500. The van der Waals surface area contributed by atoms with E-state index in [9.17, 15) is 8.42 Å². The number of hydrogen-bond donors (Lipinski definition) is 2. The van der Waals surface area contributed by atoms with Crippen molar-refractivity contribution in [2.24, 2.45) is 0 Å². The molecule has 0 saturated carbocycles. The zero-order valence-corrected chi connectivity index (χ0v) is 11.1. The molecule has 0 radical (unpaired) electrons. The summed E-state index contributed by atoms with van der Waals surface area (Å²) < 4.78 is 25.1. The second kappa shape index (κ2) is 6.28. The lowest BCUT2D eigenvalue weighted by atomic mass is 10.3. The highest BCUT2D eigenvalue weighted by Gasteiger charge is 2.08. The van der Waals surface area contributed by atoms with Gasteiger partial charge in [-0.1, -0.05) is 6.92 Å². The first-order valence-corrected chi connectivity index (χ1v) is 7.09. The molecule has 0 aromatic carbocycles. The summed E-state index contributed by atoms with van der Waals surface area (Å²) in [6.07, 6.45) is 0. The summed E-state index contributed by atoms with van der Waals surface area (Å²) in [7, 11) is -3.26. The molecular weight excluding hydrogens is 254 g/mol. The van der Waals surface area contributed by atoms with Crippen molar-refractivity contribution in [2.75, 3.05) is 24.2 Å². The third-order valence-corrected chi connectivity index (χ3v) is 3.46. The molecule has 0 aliphatic carbocycles. The minimum absolute atomic E-state index is 0.0694. The highest BCUT2D eigenvalue weighted by molar-refractivity contribution is 7.89. The van der Waals surface area contributed by atoms with Gasteiger partial charge in [0, 0.05) is 18.8 Å². The molecule has 0 fully saturated rings. The van der Waals surface area contributed by atoms with Gasteiger partial charge in [-0.2, -0.15) is 5.26 Å². The van der Waals surface area contributed by atoms with E-state index in [2.05, 4.69) is 20.0 Å². The monoisotopic (exact) mass is 269 g/mol. The Kier molecular flexibility index (Phi) is 5.00. The van der Waals surface area contributed by atoms with Gasteiger partial charge in [0.2, 0.25) is 16.0 Å². The third kappa shape index (κ3) is 4.65. The summed E-state index contributed by atoms with van der Waals surface area (Å²) in [6, 6.07) is 3.47. The molecule has 0 aliphatic heterocycles. The van der Waals surface area contributed by atoms with Crippen LogP contribution in [0.1, 0.15) is 18.3 Å². The summed E-state index contributed by atoms with van der Waals surface area (Å²) in [5, 5.41) is 11.5. The summed E-state index contributed by atoms with van der Waals surface area (Å²) in [4.78, 5) is 7.98. The summed E-state index contributed by atoms with van der Waals surface area (Å²) >= 11 is 0. The fourth-order valence-electron chi connectivity index (χ4n) is 1.29. The van der Waals surface area contributed by atoms with Crippen molar-refractivity contribution in [3.05, 3.63) is 17.5 Å². The van der Waals surface area contributed by atoms with Gasteiger partial charge in [0.15, 0.2) is 0 Å². The highest BCUT2D eigenvalue weighted by atomic mass is 32.2. The van der Waals surface area contributed by atoms with Gasteiger partial charge in [0.05, 0.1) is 5.75 Å². The van der Waals surface area contributed by atoms with Crippen LogP contribution >= 0.6 is 0 Å². The lowest BCUT2D eigenvalue weighted by Gasteiger charge is -2.06. The van der Waals surface area contributed by atoms with E-state index in [0.717, 1.165) is 0 Å². The standard InChI is InChI=1S/C10H15N5O2S/c1-3-13-18(16,17)5-4-12-10-14-8(2)6-9(7-11)15-10/h6,13H,3-5H2,1-2H3,(H,12,14,15). The number of nitrogens with one attached hydrogen (secondary N) is 2. The highest BCUT2D eigenvalue weighted by Crippen LogP contribution is 2.03. The zero-order chi connectivity index (χ0) is 13.6. The number of sulfonamides is 1. The first kappa shape index (κ1) is 14.3. The van der Waals surface area contributed by atoms with Crippen molar-refractivity contribution < 1.29 is 8.42 Å². The number of aromatic nitrogens is 2. The molecule has 0 spiro atoms. The second-order valence-corrected chi connectivity index (χ2v) is 5.50. The number of hydrogen-bond acceptors (Lipinski definition) is 6. The second-order valence-electron chi connectivity index (χ2n) is 3.57. The molecule has 0 aliphatic rings. The van der Waals surface area contributed by atoms with Gasteiger partial charge < -0.3 is 5.32 Å². The summed E-state index contributed by atoms with van der Waals surface area (Å²) in [6.45, 7) is 4.00. The van der Waals surface area contributed by atoms with E-state index in [1.165, 1.54) is 0 Å². The van der Waals surface area contributed by atoms with E-state index >= 15 is 0 Å². The van der Waals surface area contributed by atoms with E-state index in [0.29, 0.717) is 12.2 Å². The maximum atomic E-state index is 11.4. The molecule has 18 heavy (non-hydrogen) atoms. The third-order valence-electron chi connectivity index (χ3n) is 1.99. The molecule has 98 valence electrons. The van der Waals surface area contributed by atoms with E-state index in [1.807, 2.05) is 6.07 Å². The molecule has 8 heteroatoms. The molecule has 0 bridgehead atoms. The molecule has 7 nitrogen and oxygen atoms in total. The van der Waals surface area contributed by atoms with Crippen LogP contribution in [0.25, 0.3) is 0 Å². The van der Waals surface area contributed by atoms with Gasteiger partial charge >= 0.3 is 0 Å². The van der Waals surface area contributed by atoms with Crippen LogP contribution < -0.4 is 10.0 Å². The molecule has 0 saturated heterocycles. The minimum atomic E-state index is -3.26. The Hall–Kier alpha value is -1.72. The molecule has 2 N–H and O–H groups in total. The number of nitriles is 1. The maximum Gasteiger partial charge on any atom is 0.224 e. The molecule has 1 aromatic heterocycles. The van der Waals surface area contributed by atoms with E-state index < -0.39 is 10.0 Å². The molecule has 0 amide bonds. The van der Waals surface area contributed by atoms with E-state index in [4.69, 9.17) is 5.26 Å². The average Bonchev–Trinajstić information content (AvgIpc) is 2.27. The van der Waals surface area contributed by atoms with Crippen LogP contribution in [0.4, 0.5) is 5.95 Å². The van der Waals surface area contributed by atoms with E-state index in [-0.39, 0.29) is 23.9 Å². The topological polar surface area (TPSA) is 108 Å². The molecule has 1 rings (SSSR count). The van der Waals surface area contributed by atoms with Crippen molar-refractivity contribution in [1.29, 1.82) is 5.26 Å². The predicted molar refractivity (Wildman–Crippen MR) is 67.4 cm³/mol. The van der Waals surface area contributed by atoms with Crippen LogP contribution in [0.3, 0.4) is 0 Å². The number of nitrogens with zero attached hydrogens (tertiary/aromatic N) is 3. The minimum Gasteiger partial charge on any atom is -0.353 e. The average molecular weight is 269 g/mol. The normalized spacial score (nSPS) is 10.9. The largest absolute Gasteiger partial charge is 0.353 e. The Balaban J connectivity index is 2.60. The number of anilines is 1. The number of rotatable bonds is 6. The number of aryl methyl sites for hydroxylation is 1. The Morgan fingerprint density at radius 2 is 2.17 bits per heavy atom. The lowest BCUT2D eigenvalue weighted by Crippen LogP contribution is -2.29. The molecule has 1 heterocycles. The quantitative estimate of drug-likeness (QED) is 0.753. The zero-order valence-electron chi connectivity index (χ0n) is 10.3. The Morgan fingerprint density at radius 1 is 1.44 bits per heavy atom. The molecule has 0 unspecified atom stereocenters. The van der Waals surface area contributed by atoms with Gasteiger partial charge in [0.25, 0.3) is 0 Å². The summed E-state index contributed by atoms with van der Waals surface area (Å²) in [5.74, 6) is 0.193. The van der Waals surface area contributed by atoms with Crippen LogP contribution in [-0.4, -0.2) is 37.2 Å². The SMILES string of the molecule is CCNS(=O)(=O)CCNc1nc(C)cc(C#N)n1. The van der Waals surface area contributed by atoms with Gasteiger partial charge in [-0.05, 0) is 13.0 Å². The van der Waals surface area contributed by atoms with Crippen LogP contribution in [0, 0.1) is 18.3 Å². The van der Waals surface area contributed by atoms with Crippen LogP contribution in [-0.2, 0) is 10.0 Å². The Morgan fingerprint density at radius 3 is 2.78 bits per heavy atom. The van der Waals surface area contributed by atoms with Crippen LogP contribution in [0.15, 0.2) is 6.07 Å². The van der Waals surface area contributed by atoms with Gasteiger partial charge in [-0.15, -0.1) is 0 Å². The Labute approximate surface area is 106 Å². The predicted octanol–water partition coefficient (Wildman–Crippen LogP) is 0.00790. The van der Waals surface area contributed by atoms with Crippen molar-refractivity contribution >= 4 is 16.0 Å². The smallest absolute Gasteiger partial charge is 0.224 e. The van der Waals surface area contributed by atoms with Crippen molar-refractivity contribution in [3.63, 3.8) is 0 Å². The molecule has 1 aromatic rings. The lowest BCUT2D eigenvalue weighted by molar-refractivity contribution is 0.584. The van der Waals surface area contributed by atoms with Crippen molar-refractivity contribution in [2.45, 2.75) is 13.8 Å². The first-order chi connectivity index (χ1) is 8.46. The van der Waals surface area contributed by atoms with Crippen LogP contribution in [0.2, 0.25) is 0 Å². The van der Waals surface area contributed by atoms with Crippen LogP contribution in [0.5, 0.6) is 0 Å². The van der Waals surface area contributed by atoms with Gasteiger partial charge in [0.1, 0.15) is 11.8 Å². The van der Waals surface area contributed by atoms with Crippen molar-refractivity contribution in [3.8, 4) is 6.07 Å². The van der Waals surface area contributed by atoms with Gasteiger partial charge in [-0.25, -0.2) is 23.1 Å². The molecular formula is C10H15N5O2S. The first-order valence-electron chi connectivity index (χ1n) is 5.44. The Bertz CT molecular complexity index is 550. The molecule has 0 atom stereocenters. The maximum absolute atomic E-state index is 11.4. The van der Waals surface area contributed by atoms with E-state index in [1.54, 1.807) is 19.9 Å². The fourth-order valence-corrected chi connectivity index (χ4v) is 2.25.